The molecule has 0 radical (unpaired) electrons. The minimum atomic E-state index is -4.02. The van der Waals surface area contributed by atoms with Crippen LogP contribution >= 0.6 is 0 Å². The van der Waals surface area contributed by atoms with E-state index in [9.17, 15) is 13.5 Å². The van der Waals surface area contributed by atoms with E-state index in [2.05, 4.69) is 0 Å². The average molecular weight is 400 g/mol. The fourth-order valence-electron chi connectivity index (χ4n) is 2.40. The molecule has 0 aliphatic carbocycles. The fraction of sp³-hybridized carbons (Fsp3) is 0.182. The maximum atomic E-state index is 10.5. The molecular formula is C22H24O5S. The van der Waals surface area contributed by atoms with Crippen LogP contribution in [0.5, 0.6) is 5.75 Å². The number of ether oxygens (including phenoxy) is 1. The van der Waals surface area contributed by atoms with Crippen LogP contribution in [0.15, 0.2) is 83.8 Å². The lowest BCUT2D eigenvalue weighted by atomic mass is 10.1. The van der Waals surface area contributed by atoms with Crippen molar-refractivity contribution in [2.75, 3.05) is 0 Å². The number of aliphatic hydroxyl groups excluding tert-OH is 1. The van der Waals surface area contributed by atoms with Crippen molar-refractivity contribution >= 4 is 10.1 Å². The Morgan fingerprint density at radius 2 is 1.46 bits per heavy atom. The lowest BCUT2D eigenvalue weighted by molar-refractivity contribution is 0.190. The molecule has 3 rings (SSSR count). The van der Waals surface area contributed by atoms with Crippen LogP contribution in [0.2, 0.25) is 0 Å². The van der Waals surface area contributed by atoms with E-state index in [1.165, 1.54) is 12.1 Å². The van der Waals surface area contributed by atoms with Crippen LogP contribution in [0.3, 0.4) is 0 Å². The zero-order chi connectivity index (χ0) is 20.6. The number of para-hydroxylation sites is 1. The number of hydrogen-bond donors (Lipinski definition) is 2. The summed E-state index contributed by atoms with van der Waals surface area (Å²) >= 11 is 0. The van der Waals surface area contributed by atoms with Crippen LogP contribution in [0.4, 0.5) is 0 Å². The van der Waals surface area contributed by atoms with Gasteiger partial charge in [-0.05, 0) is 37.6 Å². The summed E-state index contributed by atoms with van der Waals surface area (Å²) in [6, 6.07) is 23.5. The second-order valence-corrected chi connectivity index (χ2v) is 7.70. The van der Waals surface area contributed by atoms with Crippen LogP contribution in [-0.4, -0.2) is 18.1 Å². The highest BCUT2D eigenvalue weighted by molar-refractivity contribution is 7.85. The van der Waals surface area contributed by atoms with E-state index in [1.54, 1.807) is 19.1 Å². The quantitative estimate of drug-likeness (QED) is 0.614. The third-order valence-electron chi connectivity index (χ3n) is 3.93. The largest absolute Gasteiger partial charge is 0.489 e. The molecule has 0 saturated heterocycles. The van der Waals surface area contributed by atoms with Crippen molar-refractivity contribution < 1.29 is 22.8 Å². The van der Waals surface area contributed by atoms with E-state index in [-0.39, 0.29) is 4.90 Å². The molecule has 0 heterocycles. The molecule has 148 valence electrons. The van der Waals surface area contributed by atoms with E-state index in [1.807, 2.05) is 61.5 Å². The van der Waals surface area contributed by atoms with Gasteiger partial charge in [0.2, 0.25) is 0 Å². The molecule has 6 heteroatoms. The minimum absolute atomic E-state index is 0.0666. The van der Waals surface area contributed by atoms with Gasteiger partial charge in [-0.15, -0.1) is 0 Å². The fourth-order valence-corrected chi connectivity index (χ4v) is 2.88. The molecular weight excluding hydrogens is 376 g/mol. The Kier molecular flexibility index (Phi) is 7.75. The molecule has 5 nitrogen and oxygen atoms in total. The third-order valence-corrected chi connectivity index (χ3v) is 4.79. The van der Waals surface area contributed by atoms with Crippen molar-refractivity contribution in [1.29, 1.82) is 0 Å². The topological polar surface area (TPSA) is 83.8 Å². The molecule has 0 fully saturated rings. The highest BCUT2D eigenvalue weighted by Gasteiger charge is 2.08. The summed E-state index contributed by atoms with van der Waals surface area (Å²) in [4.78, 5) is -0.0666. The molecule has 1 atom stereocenters. The van der Waals surface area contributed by atoms with Crippen molar-refractivity contribution in [1.82, 2.24) is 0 Å². The first-order valence-corrected chi connectivity index (χ1v) is 10.2. The molecule has 0 aromatic heterocycles. The lowest BCUT2D eigenvalue weighted by Crippen LogP contribution is -2.00. The second kappa shape index (κ2) is 10.0. The zero-order valence-electron chi connectivity index (χ0n) is 15.8. The molecule has 3 aromatic rings. The maximum Gasteiger partial charge on any atom is 0.294 e. The van der Waals surface area contributed by atoms with Gasteiger partial charge >= 0.3 is 0 Å². The van der Waals surface area contributed by atoms with E-state index < -0.39 is 16.2 Å². The molecule has 3 aromatic carbocycles. The summed E-state index contributed by atoms with van der Waals surface area (Å²) in [5, 5.41) is 9.62. The summed E-state index contributed by atoms with van der Waals surface area (Å²) in [5.74, 6) is 0.742. The van der Waals surface area contributed by atoms with Crippen LogP contribution in [0.25, 0.3) is 0 Å². The standard InChI is InChI=1S/C15H16O2.C7H8O3S/c1-12(16)14-9-5-6-10-15(14)17-11-13-7-3-2-4-8-13;1-6-2-4-7(5-3-6)11(8,9)10/h2-10,12,16H,11H2,1H3;2-5H,1H3,(H,8,9,10). The first kappa shape index (κ1) is 21.6. The Hall–Kier alpha value is -2.67. The SMILES string of the molecule is CC(O)c1ccccc1OCc1ccccc1.Cc1ccc(S(=O)(=O)O)cc1. The smallest absolute Gasteiger partial charge is 0.294 e. The molecule has 0 bridgehead atoms. The number of aliphatic hydroxyl groups is 1. The molecule has 0 aliphatic rings. The molecule has 2 N–H and O–H groups in total. The van der Waals surface area contributed by atoms with Gasteiger partial charge in [-0.1, -0.05) is 66.2 Å². The van der Waals surface area contributed by atoms with Gasteiger partial charge < -0.3 is 9.84 Å². The average Bonchev–Trinajstić information content (AvgIpc) is 2.67. The molecule has 0 saturated carbocycles. The van der Waals surface area contributed by atoms with Gasteiger partial charge in [-0.3, -0.25) is 4.55 Å². The minimum Gasteiger partial charge on any atom is -0.489 e. The Bertz CT molecular complexity index is 965. The predicted molar refractivity (Wildman–Crippen MR) is 109 cm³/mol. The third kappa shape index (κ3) is 6.81. The van der Waals surface area contributed by atoms with Gasteiger partial charge in [0, 0.05) is 5.56 Å². The number of hydrogen-bond acceptors (Lipinski definition) is 4. The van der Waals surface area contributed by atoms with E-state index in [0.717, 1.165) is 22.4 Å². The monoisotopic (exact) mass is 400 g/mol. The number of aryl methyl sites for hydroxylation is 1. The predicted octanol–water partition coefficient (Wildman–Crippen LogP) is 4.56. The summed E-state index contributed by atoms with van der Waals surface area (Å²) in [6.07, 6.45) is -0.512. The van der Waals surface area contributed by atoms with Gasteiger partial charge in [0.25, 0.3) is 10.1 Å². The number of benzene rings is 3. The summed E-state index contributed by atoms with van der Waals surface area (Å²) < 4.78 is 35.3. The highest BCUT2D eigenvalue weighted by Crippen LogP contribution is 2.25. The van der Waals surface area contributed by atoms with Crippen molar-refractivity contribution in [2.45, 2.75) is 31.5 Å². The molecule has 0 amide bonds. The van der Waals surface area contributed by atoms with Gasteiger partial charge in [0.1, 0.15) is 12.4 Å². The lowest BCUT2D eigenvalue weighted by Gasteiger charge is -2.13. The Morgan fingerprint density at radius 1 is 0.893 bits per heavy atom. The first-order chi connectivity index (χ1) is 13.3. The normalized spacial score (nSPS) is 11.9. The first-order valence-electron chi connectivity index (χ1n) is 8.75. The van der Waals surface area contributed by atoms with Crippen LogP contribution in [0.1, 0.15) is 29.7 Å². The van der Waals surface area contributed by atoms with E-state index >= 15 is 0 Å². The second-order valence-electron chi connectivity index (χ2n) is 6.28. The zero-order valence-corrected chi connectivity index (χ0v) is 16.6. The van der Waals surface area contributed by atoms with Crippen molar-refractivity contribution in [3.05, 3.63) is 95.6 Å². The van der Waals surface area contributed by atoms with Crippen LogP contribution in [-0.2, 0) is 16.7 Å². The van der Waals surface area contributed by atoms with Crippen LogP contribution < -0.4 is 4.74 Å². The van der Waals surface area contributed by atoms with Gasteiger partial charge in [0.05, 0.1) is 11.0 Å². The highest BCUT2D eigenvalue weighted by atomic mass is 32.2. The molecule has 28 heavy (non-hydrogen) atoms. The van der Waals surface area contributed by atoms with Gasteiger partial charge in [-0.2, -0.15) is 8.42 Å². The summed E-state index contributed by atoms with van der Waals surface area (Å²) in [7, 11) is -4.02. The van der Waals surface area contributed by atoms with E-state index in [0.29, 0.717) is 6.61 Å². The summed E-state index contributed by atoms with van der Waals surface area (Å²) in [5.41, 5.74) is 2.90. The van der Waals surface area contributed by atoms with Crippen molar-refractivity contribution in [2.24, 2.45) is 0 Å². The Morgan fingerprint density at radius 3 is 2.04 bits per heavy atom. The molecule has 0 spiro atoms. The Balaban J connectivity index is 0.000000221. The van der Waals surface area contributed by atoms with Gasteiger partial charge in [0.15, 0.2) is 0 Å². The maximum absolute atomic E-state index is 10.5. The summed E-state index contributed by atoms with van der Waals surface area (Å²) in [6.45, 7) is 4.10. The van der Waals surface area contributed by atoms with Crippen molar-refractivity contribution in [3.8, 4) is 5.75 Å². The molecule has 1 unspecified atom stereocenters. The molecule has 0 aliphatic heterocycles. The Labute approximate surface area is 166 Å². The van der Waals surface area contributed by atoms with E-state index in [4.69, 9.17) is 9.29 Å². The van der Waals surface area contributed by atoms with Crippen LogP contribution in [0, 0.1) is 6.92 Å². The number of rotatable bonds is 5. The van der Waals surface area contributed by atoms with Gasteiger partial charge in [-0.25, -0.2) is 0 Å². The van der Waals surface area contributed by atoms with Crippen molar-refractivity contribution in [3.63, 3.8) is 0 Å².